The zero-order chi connectivity index (χ0) is 10.9. The Hall–Kier alpha value is -1.43. The van der Waals surface area contributed by atoms with Gasteiger partial charge in [-0.05, 0) is 25.0 Å². The molecule has 0 aliphatic rings. The lowest BCUT2D eigenvalue weighted by Gasteiger charge is -2.09. The van der Waals surface area contributed by atoms with Crippen LogP contribution in [0.3, 0.4) is 0 Å². The molecule has 1 aromatic carbocycles. The molecule has 0 bridgehead atoms. The number of hydrogen-bond acceptors (Lipinski definition) is 0. The molecule has 3 heteroatoms. The van der Waals surface area contributed by atoms with Gasteiger partial charge in [0.2, 0.25) is 0 Å². The molecule has 74 valence electrons. The van der Waals surface area contributed by atoms with Crippen molar-refractivity contribution in [3.8, 4) is 12.3 Å². The molecule has 0 atom stereocenters. The molecule has 1 rings (SSSR count). The Labute approximate surface area is 80.8 Å². The lowest BCUT2D eigenvalue weighted by molar-refractivity contribution is 0.475. The third-order valence-electron chi connectivity index (χ3n) is 2.22. The van der Waals surface area contributed by atoms with Crippen LogP contribution in [0.25, 0.3) is 0 Å². The highest BCUT2D eigenvalue weighted by Gasteiger charge is 2.19. The minimum Gasteiger partial charge on any atom is -0.206 e. The summed E-state index contributed by atoms with van der Waals surface area (Å²) in [7, 11) is 0. The van der Waals surface area contributed by atoms with Crippen molar-refractivity contribution in [2.75, 3.05) is 0 Å². The molecular formula is C11H9F3. The zero-order valence-electron chi connectivity index (χ0n) is 7.92. The summed E-state index contributed by atoms with van der Waals surface area (Å²) in [6, 6.07) is 0. The van der Waals surface area contributed by atoms with Crippen molar-refractivity contribution in [2.45, 2.75) is 20.3 Å². The summed E-state index contributed by atoms with van der Waals surface area (Å²) in [6.45, 7) is 2.73. The molecule has 0 amide bonds. The van der Waals surface area contributed by atoms with Gasteiger partial charge in [-0.1, -0.05) is 0 Å². The number of benzene rings is 1. The van der Waals surface area contributed by atoms with Crippen molar-refractivity contribution in [3.05, 3.63) is 34.1 Å². The topological polar surface area (TPSA) is 0 Å². The molecule has 0 nitrogen and oxygen atoms in total. The summed E-state index contributed by atoms with van der Waals surface area (Å²) >= 11 is 0. The molecule has 0 saturated heterocycles. The second kappa shape index (κ2) is 3.75. The first kappa shape index (κ1) is 10.6. The van der Waals surface area contributed by atoms with E-state index in [0.29, 0.717) is 0 Å². The van der Waals surface area contributed by atoms with E-state index in [2.05, 4.69) is 5.92 Å². The van der Waals surface area contributed by atoms with Gasteiger partial charge in [-0.3, -0.25) is 0 Å². The molecule has 0 fully saturated rings. The fourth-order valence-electron chi connectivity index (χ4n) is 1.21. The first-order valence-electron chi connectivity index (χ1n) is 4.06. The van der Waals surface area contributed by atoms with Crippen LogP contribution in [-0.4, -0.2) is 0 Å². The monoisotopic (exact) mass is 198 g/mol. The molecule has 0 aromatic heterocycles. The second-order valence-electron chi connectivity index (χ2n) is 3.05. The van der Waals surface area contributed by atoms with Gasteiger partial charge in [0.25, 0.3) is 0 Å². The van der Waals surface area contributed by atoms with Crippen molar-refractivity contribution in [1.29, 1.82) is 0 Å². The lowest BCUT2D eigenvalue weighted by atomic mass is 10.0. The third-order valence-corrected chi connectivity index (χ3v) is 2.22. The standard InChI is InChI=1S/C11H9F3/c1-4-5-8-9(12)6(2)7(3)10(13)11(8)14/h1H,5H2,2-3H3. The molecule has 0 aliphatic heterocycles. The van der Waals surface area contributed by atoms with Gasteiger partial charge in [-0.2, -0.15) is 0 Å². The van der Waals surface area contributed by atoms with Crippen molar-refractivity contribution in [1.82, 2.24) is 0 Å². The van der Waals surface area contributed by atoms with Gasteiger partial charge in [0, 0.05) is 12.0 Å². The van der Waals surface area contributed by atoms with Crippen LogP contribution in [0.1, 0.15) is 16.7 Å². The Morgan fingerprint density at radius 3 is 2.00 bits per heavy atom. The van der Waals surface area contributed by atoms with Gasteiger partial charge in [0.15, 0.2) is 11.6 Å². The smallest absolute Gasteiger partial charge is 0.166 e. The van der Waals surface area contributed by atoms with Crippen molar-refractivity contribution in [2.24, 2.45) is 0 Å². The minimum absolute atomic E-state index is 0.0132. The molecular weight excluding hydrogens is 189 g/mol. The van der Waals surface area contributed by atoms with E-state index in [1.807, 2.05) is 0 Å². The molecule has 1 aromatic rings. The van der Waals surface area contributed by atoms with E-state index in [4.69, 9.17) is 6.42 Å². The van der Waals surface area contributed by atoms with Gasteiger partial charge < -0.3 is 0 Å². The molecule has 0 heterocycles. The van der Waals surface area contributed by atoms with Gasteiger partial charge in [-0.15, -0.1) is 12.3 Å². The first-order valence-corrected chi connectivity index (χ1v) is 4.06. The Morgan fingerprint density at radius 2 is 1.50 bits per heavy atom. The Morgan fingerprint density at radius 1 is 1.00 bits per heavy atom. The van der Waals surface area contributed by atoms with Crippen molar-refractivity contribution < 1.29 is 13.2 Å². The molecule has 0 spiro atoms. The summed E-state index contributed by atoms with van der Waals surface area (Å²) in [4.78, 5) is 0. The van der Waals surface area contributed by atoms with Gasteiger partial charge in [0.1, 0.15) is 5.82 Å². The highest BCUT2D eigenvalue weighted by Crippen LogP contribution is 2.24. The van der Waals surface area contributed by atoms with Crippen LogP contribution >= 0.6 is 0 Å². The van der Waals surface area contributed by atoms with Gasteiger partial charge in [-0.25, -0.2) is 13.2 Å². The maximum absolute atomic E-state index is 13.4. The summed E-state index contributed by atoms with van der Waals surface area (Å²) in [6.07, 6.45) is 4.69. The van der Waals surface area contributed by atoms with Crippen molar-refractivity contribution in [3.63, 3.8) is 0 Å². The van der Waals surface area contributed by atoms with Crippen LogP contribution in [0.15, 0.2) is 0 Å². The molecule has 14 heavy (non-hydrogen) atoms. The molecule has 0 N–H and O–H groups in total. The maximum Gasteiger partial charge on any atom is 0.166 e. The number of hydrogen-bond donors (Lipinski definition) is 0. The lowest BCUT2D eigenvalue weighted by Crippen LogP contribution is -2.04. The maximum atomic E-state index is 13.4. The molecule has 0 aliphatic carbocycles. The van der Waals surface area contributed by atoms with E-state index in [9.17, 15) is 13.2 Å². The molecule has 0 saturated carbocycles. The average Bonchev–Trinajstić information content (AvgIpc) is 2.19. The van der Waals surface area contributed by atoms with E-state index < -0.39 is 17.5 Å². The predicted molar refractivity (Wildman–Crippen MR) is 48.3 cm³/mol. The SMILES string of the molecule is C#CCc1c(F)c(C)c(C)c(F)c1F. The van der Waals surface area contributed by atoms with Crippen LogP contribution in [-0.2, 0) is 6.42 Å². The fourth-order valence-corrected chi connectivity index (χ4v) is 1.21. The largest absolute Gasteiger partial charge is 0.206 e. The summed E-state index contributed by atoms with van der Waals surface area (Å²) in [5, 5.41) is 0. The zero-order valence-corrected chi connectivity index (χ0v) is 7.92. The van der Waals surface area contributed by atoms with Crippen LogP contribution in [0.5, 0.6) is 0 Å². The normalized spacial score (nSPS) is 10.0. The molecule has 0 unspecified atom stereocenters. The summed E-state index contributed by atoms with van der Waals surface area (Å²) < 4.78 is 39.7. The molecule has 0 radical (unpaired) electrons. The van der Waals surface area contributed by atoms with Crippen molar-refractivity contribution >= 4 is 0 Å². The number of halogens is 3. The number of rotatable bonds is 1. The first-order chi connectivity index (χ1) is 6.50. The van der Waals surface area contributed by atoms with Crippen LogP contribution in [0, 0.1) is 43.6 Å². The van der Waals surface area contributed by atoms with E-state index in [1.165, 1.54) is 13.8 Å². The van der Waals surface area contributed by atoms with E-state index in [0.717, 1.165) is 0 Å². The van der Waals surface area contributed by atoms with Crippen LogP contribution in [0.2, 0.25) is 0 Å². The second-order valence-corrected chi connectivity index (χ2v) is 3.05. The minimum atomic E-state index is -1.18. The Kier molecular flexibility index (Phi) is 2.85. The summed E-state index contributed by atoms with van der Waals surface area (Å²) in [5.41, 5.74) is -0.275. The van der Waals surface area contributed by atoms with Gasteiger partial charge >= 0.3 is 0 Å². The highest BCUT2D eigenvalue weighted by atomic mass is 19.2. The van der Waals surface area contributed by atoms with Crippen LogP contribution in [0.4, 0.5) is 13.2 Å². The van der Waals surface area contributed by atoms with E-state index in [1.54, 1.807) is 0 Å². The Balaban J connectivity index is 3.53. The predicted octanol–water partition coefficient (Wildman–Crippen LogP) is 2.90. The van der Waals surface area contributed by atoms with E-state index >= 15 is 0 Å². The average molecular weight is 198 g/mol. The summed E-state index contributed by atoms with van der Waals surface area (Å²) in [5.74, 6) is -0.854. The van der Waals surface area contributed by atoms with E-state index in [-0.39, 0.29) is 23.1 Å². The fraction of sp³-hybridized carbons (Fsp3) is 0.273. The quantitative estimate of drug-likeness (QED) is 0.480. The highest BCUT2D eigenvalue weighted by molar-refractivity contribution is 5.36. The number of terminal acetylenes is 1. The van der Waals surface area contributed by atoms with Gasteiger partial charge in [0.05, 0.1) is 0 Å². The van der Waals surface area contributed by atoms with Crippen LogP contribution < -0.4 is 0 Å². The Bertz CT molecular complexity index is 385. The third kappa shape index (κ3) is 1.48.